The van der Waals surface area contributed by atoms with Gasteiger partial charge in [0, 0.05) is 0 Å². The molecule has 1 aromatic carbocycles. The van der Waals surface area contributed by atoms with Gasteiger partial charge in [0.05, 0.1) is 11.5 Å². The van der Waals surface area contributed by atoms with Crippen LogP contribution >= 0.6 is 0 Å². The second-order valence-corrected chi connectivity index (χ2v) is 7.75. The summed E-state index contributed by atoms with van der Waals surface area (Å²) >= 11 is 0. The Morgan fingerprint density at radius 2 is 1.25 bits per heavy atom. The van der Waals surface area contributed by atoms with Gasteiger partial charge in [0.15, 0.2) is 0 Å². The predicted octanol–water partition coefficient (Wildman–Crippen LogP) is 5.62. The Balaban J connectivity index is 1.97. The Morgan fingerprint density at radius 3 is 1.71 bits per heavy atom. The molecule has 5 heteroatoms. The molecule has 0 saturated carbocycles. The Kier molecular flexibility index (Phi) is 10.8. The SMILES string of the molecule is CCCCCCCCCCCCCOc1ccc(S(=O)(=O)O)cc1. The van der Waals surface area contributed by atoms with Crippen LogP contribution in [0.3, 0.4) is 0 Å². The first kappa shape index (κ1) is 21.0. The van der Waals surface area contributed by atoms with E-state index in [1.165, 1.54) is 76.3 Å². The Morgan fingerprint density at radius 1 is 0.792 bits per heavy atom. The first-order chi connectivity index (χ1) is 11.5. The van der Waals surface area contributed by atoms with Crippen LogP contribution in [0.5, 0.6) is 5.75 Å². The van der Waals surface area contributed by atoms with Crippen molar-refractivity contribution < 1.29 is 17.7 Å². The maximum Gasteiger partial charge on any atom is 0.294 e. The molecule has 0 atom stereocenters. The lowest BCUT2D eigenvalue weighted by atomic mass is 10.1. The topological polar surface area (TPSA) is 63.6 Å². The van der Waals surface area contributed by atoms with Crippen molar-refractivity contribution >= 4 is 10.1 Å². The van der Waals surface area contributed by atoms with Gasteiger partial charge >= 0.3 is 0 Å². The van der Waals surface area contributed by atoms with E-state index in [1.54, 1.807) is 12.1 Å². The Bertz CT molecular complexity index is 523. The van der Waals surface area contributed by atoms with Crippen molar-refractivity contribution in [3.63, 3.8) is 0 Å². The molecule has 0 saturated heterocycles. The highest BCUT2D eigenvalue weighted by molar-refractivity contribution is 7.85. The molecular weight excluding hydrogens is 324 g/mol. The number of hydrogen-bond donors (Lipinski definition) is 1. The smallest absolute Gasteiger partial charge is 0.294 e. The van der Waals surface area contributed by atoms with Crippen LogP contribution in [0.2, 0.25) is 0 Å². The zero-order valence-corrected chi connectivity index (χ0v) is 15.7. The molecule has 0 aliphatic carbocycles. The summed E-state index contributed by atoms with van der Waals surface area (Å²) in [6, 6.07) is 5.85. The normalized spacial score (nSPS) is 11.6. The third-order valence-corrected chi connectivity index (χ3v) is 5.01. The lowest BCUT2D eigenvalue weighted by Gasteiger charge is -2.06. The second kappa shape index (κ2) is 12.3. The van der Waals surface area contributed by atoms with E-state index < -0.39 is 10.1 Å². The molecule has 0 spiro atoms. The molecule has 0 aliphatic heterocycles. The van der Waals surface area contributed by atoms with E-state index >= 15 is 0 Å². The fourth-order valence-corrected chi connectivity index (χ4v) is 3.14. The van der Waals surface area contributed by atoms with Gasteiger partial charge < -0.3 is 4.74 Å². The van der Waals surface area contributed by atoms with Gasteiger partial charge in [-0.15, -0.1) is 0 Å². The van der Waals surface area contributed by atoms with Crippen molar-refractivity contribution in [3.8, 4) is 5.75 Å². The summed E-state index contributed by atoms with van der Waals surface area (Å²) in [4.78, 5) is -0.107. The fourth-order valence-electron chi connectivity index (χ4n) is 2.66. The van der Waals surface area contributed by atoms with Crippen LogP contribution in [0.1, 0.15) is 77.6 Å². The second-order valence-electron chi connectivity index (χ2n) is 6.33. The standard InChI is InChI=1S/C19H32O4S/c1-2-3-4-5-6-7-8-9-10-11-12-17-23-18-13-15-19(16-14-18)24(20,21)22/h13-16H,2-12,17H2,1H3,(H,20,21,22). The highest BCUT2D eigenvalue weighted by atomic mass is 32.2. The number of hydrogen-bond acceptors (Lipinski definition) is 3. The minimum atomic E-state index is -4.12. The van der Waals surface area contributed by atoms with E-state index in [4.69, 9.17) is 9.29 Å². The summed E-state index contributed by atoms with van der Waals surface area (Å²) < 4.78 is 36.3. The summed E-state index contributed by atoms with van der Waals surface area (Å²) in [5, 5.41) is 0. The molecule has 0 aromatic heterocycles. The lowest BCUT2D eigenvalue weighted by Crippen LogP contribution is -2.00. The third kappa shape index (κ3) is 9.93. The van der Waals surface area contributed by atoms with Gasteiger partial charge in [0.2, 0.25) is 0 Å². The van der Waals surface area contributed by atoms with Gasteiger partial charge in [-0.2, -0.15) is 8.42 Å². The molecule has 0 bridgehead atoms. The van der Waals surface area contributed by atoms with Gasteiger partial charge in [0.25, 0.3) is 10.1 Å². The van der Waals surface area contributed by atoms with Crippen molar-refractivity contribution in [2.24, 2.45) is 0 Å². The van der Waals surface area contributed by atoms with Crippen LogP contribution in [0.15, 0.2) is 29.2 Å². The average molecular weight is 357 g/mol. The zero-order valence-electron chi connectivity index (χ0n) is 14.9. The van der Waals surface area contributed by atoms with Crippen molar-refractivity contribution in [1.82, 2.24) is 0 Å². The van der Waals surface area contributed by atoms with Gasteiger partial charge in [-0.25, -0.2) is 0 Å². The largest absolute Gasteiger partial charge is 0.494 e. The van der Waals surface area contributed by atoms with E-state index in [0.717, 1.165) is 6.42 Å². The van der Waals surface area contributed by atoms with Gasteiger partial charge in [0.1, 0.15) is 5.75 Å². The Hall–Kier alpha value is -1.07. The summed E-state index contributed by atoms with van der Waals surface area (Å²) in [5.41, 5.74) is 0. The first-order valence-electron chi connectivity index (χ1n) is 9.24. The van der Waals surface area contributed by atoms with Crippen molar-refractivity contribution in [1.29, 1.82) is 0 Å². The van der Waals surface area contributed by atoms with Crippen LogP contribution in [0.25, 0.3) is 0 Å². The molecular formula is C19H32O4S. The highest BCUT2D eigenvalue weighted by Gasteiger charge is 2.08. The molecule has 0 amide bonds. The third-order valence-electron chi connectivity index (χ3n) is 4.14. The molecule has 1 aromatic rings. The van der Waals surface area contributed by atoms with Crippen molar-refractivity contribution in [3.05, 3.63) is 24.3 Å². The maximum absolute atomic E-state index is 10.9. The van der Waals surface area contributed by atoms with Gasteiger partial charge in [-0.1, -0.05) is 71.1 Å². The molecule has 24 heavy (non-hydrogen) atoms. The molecule has 0 unspecified atom stereocenters. The zero-order chi connectivity index (χ0) is 17.7. The number of rotatable bonds is 14. The predicted molar refractivity (Wildman–Crippen MR) is 98.2 cm³/mol. The highest BCUT2D eigenvalue weighted by Crippen LogP contribution is 2.16. The minimum Gasteiger partial charge on any atom is -0.494 e. The van der Waals surface area contributed by atoms with E-state index in [0.29, 0.717) is 12.4 Å². The van der Waals surface area contributed by atoms with Crippen LogP contribution in [0, 0.1) is 0 Å². The molecule has 138 valence electrons. The Labute approximate surface area is 147 Å². The number of unbranched alkanes of at least 4 members (excludes halogenated alkanes) is 10. The van der Waals surface area contributed by atoms with Crippen molar-refractivity contribution in [2.45, 2.75) is 82.4 Å². The summed E-state index contributed by atoms with van der Waals surface area (Å²) in [7, 11) is -4.12. The van der Waals surface area contributed by atoms with Crippen LogP contribution < -0.4 is 4.74 Å². The van der Waals surface area contributed by atoms with E-state index in [1.807, 2.05) is 0 Å². The van der Waals surface area contributed by atoms with Gasteiger partial charge in [-0.3, -0.25) is 4.55 Å². The average Bonchev–Trinajstić information content (AvgIpc) is 2.55. The van der Waals surface area contributed by atoms with Gasteiger partial charge in [-0.05, 0) is 30.7 Å². The molecule has 1 N–H and O–H groups in total. The summed E-state index contributed by atoms with van der Waals surface area (Å²) in [6.45, 7) is 2.89. The maximum atomic E-state index is 10.9. The molecule has 4 nitrogen and oxygen atoms in total. The molecule has 0 fully saturated rings. The molecule has 0 heterocycles. The first-order valence-corrected chi connectivity index (χ1v) is 10.7. The molecule has 0 radical (unpaired) electrons. The van der Waals surface area contributed by atoms with Crippen LogP contribution in [0.4, 0.5) is 0 Å². The number of ether oxygens (including phenoxy) is 1. The quantitative estimate of drug-likeness (QED) is 0.347. The van der Waals surface area contributed by atoms with Crippen LogP contribution in [-0.2, 0) is 10.1 Å². The molecule has 1 rings (SSSR count). The lowest BCUT2D eigenvalue weighted by molar-refractivity contribution is 0.304. The monoisotopic (exact) mass is 356 g/mol. The summed E-state index contributed by atoms with van der Waals surface area (Å²) in [5.74, 6) is 0.634. The summed E-state index contributed by atoms with van der Waals surface area (Å²) in [6.07, 6.45) is 14.3. The fraction of sp³-hybridized carbons (Fsp3) is 0.684. The van der Waals surface area contributed by atoms with Crippen molar-refractivity contribution in [2.75, 3.05) is 6.61 Å². The van der Waals surface area contributed by atoms with E-state index in [2.05, 4.69) is 6.92 Å². The minimum absolute atomic E-state index is 0.107. The molecule has 0 aliphatic rings. The number of benzene rings is 1. The van der Waals surface area contributed by atoms with E-state index in [-0.39, 0.29) is 4.90 Å². The van der Waals surface area contributed by atoms with E-state index in [9.17, 15) is 8.42 Å². The van der Waals surface area contributed by atoms with Crippen LogP contribution in [-0.4, -0.2) is 19.6 Å².